The second-order valence-electron chi connectivity index (χ2n) is 4.37. The number of rotatable bonds is 2. The van der Waals surface area contributed by atoms with E-state index in [-0.39, 0.29) is 16.6 Å². The lowest BCUT2D eigenvalue weighted by Gasteiger charge is -1.99. The van der Waals surface area contributed by atoms with Crippen molar-refractivity contribution in [2.45, 2.75) is 13.8 Å². The molecule has 1 aromatic heterocycles. The lowest BCUT2D eigenvalue weighted by atomic mass is 10.3. The van der Waals surface area contributed by atoms with E-state index in [4.69, 9.17) is 12.2 Å². The molecule has 0 fully saturated rings. The highest BCUT2D eigenvalue weighted by atomic mass is 32.1. The summed E-state index contributed by atoms with van der Waals surface area (Å²) in [5, 5.41) is 5.36. The number of carbonyl (C=O) groups is 1. The normalized spacial score (nSPS) is 10.8. The van der Waals surface area contributed by atoms with E-state index in [0.29, 0.717) is 11.3 Å². The van der Waals surface area contributed by atoms with Gasteiger partial charge < -0.3 is 5.32 Å². The van der Waals surface area contributed by atoms with Gasteiger partial charge in [-0.1, -0.05) is 18.2 Å². The molecular formula is C14H14N4O2S. The average molecular weight is 302 g/mol. The topological polar surface area (TPSA) is 79.2 Å². The van der Waals surface area contributed by atoms with Crippen molar-refractivity contribution < 1.29 is 4.79 Å². The summed E-state index contributed by atoms with van der Waals surface area (Å²) in [6.07, 6.45) is 1.35. The summed E-state index contributed by atoms with van der Waals surface area (Å²) >= 11 is 4.87. The number of aryl methyl sites for hydroxylation is 1. The standard InChI is InChI=1S/C14H14N4O2S/c1-9-12(8-15-14(21)16-10(2)19)13(20)18(17-9)11-6-4-3-5-7-11/h3-8,17H,1-2H3,(H,16,19,21)/b15-8+. The fourth-order valence-electron chi connectivity index (χ4n) is 1.78. The van der Waals surface area contributed by atoms with Crippen LogP contribution in [0.15, 0.2) is 40.1 Å². The number of carbonyl (C=O) groups excluding carboxylic acids is 1. The van der Waals surface area contributed by atoms with Crippen molar-refractivity contribution in [3.05, 3.63) is 51.9 Å². The molecule has 0 aliphatic carbocycles. The van der Waals surface area contributed by atoms with E-state index in [1.54, 1.807) is 6.92 Å². The molecule has 1 heterocycles. The largest absolute Gasteiger partial charge is 0.302 e. The minimum absolute atomic E-state index is 0.0220. The number of amides is 1. The second kappa shape index (κ2) is 6.27. The van der Waals surface area contributed by atoms with Crippen molar-refractivity contribution in [3.63, 3.8) is 0 Å². The van der Waals surface area contributed by atoms with Crippen LogP contribution in [0.1, 0.15) is 18.2 Å². The smallest absolute Gasteiger partial charge is 0.280 e. The molecule has 0 saturated carbocycles. The van der Waals surface area contributed by atoms with Crippen molar-refractivity contribution in [1.29, 1.82) is 0 Å². The number of H-pyrrole nitrogens is 1. The third kappa shape index (κ3) is 3.51. The quantitative estimate of drug-likeness (QED) is 0.648. The Morgan fingerprint density at radius 2 is 2.05 bits per heavy atom. The van der Waals surface area contributed by atoms with E-state index in [1.165, 1.54) is 17.8 Å². The zero-order valence-electron chi connectivity index (χ0n) is 11.6. The van der Waals surface area contributed by atoms with E-state index in [2.05, 4.69) is 15.4 Å². The third-order valence-corrected chi connectivity index (χ3v) is 2.93. The Bertz CT molecular complexity index is 759. The minimum atomic E-state index is -0.301. The Morgan fingerprint density at radius 1 is 1.38 bits per heavy atom. The van der Waals surface area contributed by atoms with Crippen LogP contribution in [0, 0.1) is 6.92 Å². The predicted octanol–water partition coefficient (Wildman–Crippen LogP) is 1.31. The number of thiocarbonyl (C=S) groups is 1. The highest BCUT2D eigenvalue weighted by Crippen LogP contribution is 2.05. The molecule has 0 aliphatic heterocycles. The molecule has 6 nitrogen and oxygen atoms in total. The molecule has 0 atom stereocenters. The molecule has 0 bridgehead atoms. The van der Waals surface area contributed by atoms with Gasteiger partial charge in [0, 0.05) is 18.8 Å². The van der Waals surface area contributed by atoms with E-state index in [9.17, 15) is 9.59 Å². The van der Waals surface area contributed by atoms with Crippen molar-refractivity contribution in [2.75, 3.05) is 0 Å². The number of aromatic amines is 1. The fourth-order valence-corrected chi connectivity index (χ4v) is 1.97. The van der Waals surface area contributed by atoms with Crippen LogP contribution < -0.4 is 10.9 Å². The van der Waals surface area contributed by atoms with Gasteiger partial charge in [-0.2, -0.15) is 0 Å². The van der Waals surface area contributed by atoms with Gasteiger partial charge in [-0.15, -0.1) is 0 Å². The van der Waals surface area contributed by atoms with Crippen molar-refractivity contribution in [1.82, 2.24) is 15.1 Å². The molecule has 0 unspecified atom stereocenters. The number of hydrogen-bond acceptors (Lipinski definition) is 3. The number of benzene rings is 1. The van der Waals surface area contributed by atoms with Crippen LogP contribution in [0.3, 0.4) is 0 Å². The molecule has 2 rings (SSSR count). The highest BCUT2D eigenvalue weighted by Gasteiger charge is 2.10. The maximum Gasteiger partial charge on any atom is 0.280 e. The first-order valence-electron chi connectivity index (χ1n) is 6.21. The molecule has 0 aliphatic rings. The Hall–Kier alpha value is -2.54. The maximum absolute atomic E-state index is 12.3. The number of hydrogen-bond donors (Lipinski definition) is 2. The first-order chi connectivity index (χ1) is 9.99. The van der Waals surface area contributed by atoms with Crippen LogP contribution in [-0.2, 0) is 4.79 Å². The van der Waals surface area contributed by atoms with E-state index in [0.717, 1.165) is 5.69 Å². The summed E-state index contributed by atoms with van der Waals surface area (Å²) in [6.45, 7) is 3.11. The zero-order chi connectivity index (χ0) is 15.4. The summed E-state index contributed by atoms with van der Waals surface area (Å²) in [7, 11) is 0. The monoisotopic (exact) mass is 302 g/mol. The average Bonchev–Trinajstić information content (AvgIpc) is 2.72. The Kier molecular flexibility index (Phi) is 4.44. The van der Waals surface area contributed by atoms with E-state index in [1.807, 2.05) is 30.3 Å². The van der Waals surface area contributed by atoms with Gasteiger partial charge in [-0.3, -0.25) is 14.7 Å². The molecule has 108 valence electrons. The maximum atomic E-state index is 12.3. The lowest BCUT2D eigenvalue weighted by Crippen LogP contribution is -2.25. The van der Waals surface area contributed by atoms with E-state index >= 15 is 0 Å². The summed E-state index contributed by atoms with van der Waals surface area (Å²) in [5.74, 6) is -0.301. The van der Waals surface area contributed by atoms with Crippen LogP contribution in [0.2, 0.25) is 0 Å². The number of aromatic nitrogens is 2. The predicted molar refractivity (Wildman–Crippen MR) is 85.1 cm³/mol. The number of nitrogens with one attached hydrogen (secondary N) is 2. The zero-order valence-corrected chi connectivity index (χ0v) is 12.4. The van der Waals surface area contributed by atoms with Crippen LogP contribution in [0.5, 0.6) is 0 Å². The van der Waals surface area contributed by atoms with Gasteiger partial charge >= 0.3 is 0 Å². The highest BCUT2D eigenvalue weighted by molar-refractivity contribution is 7.80. The Balaban J connectivity index is 2.33. The van der Waals surface area contributed by atoms with Crippen molar-refractivity contribution in [2.24, 2.45) is 4.99 Å². The van der Waals surface area contributed by atoms with Gasteiger partial charge in [0.25, 0.3) is 5.56 Å². The summed E-state index contributed by atoms with van der Waals surface area (Å²) in [4.78, 5) is 27.1. The molecule has 0 spiro atoms. The number of nitrogens with zero attached hydrogens (tertiary/aromatic N) is 2. The summed E-state index contributed by atoms with van der Waals surface area (Å²) in [5.41, 5.74) is 1.56. The van der Waals surface area contributed by atoms with Crippen molar-refractivity contribution in [3.8, 4) is 5.69 Å². The van der Waals surface area contributed by atoms with Gasteiger partial charge in [0.1, 0.15) is 0 Å². The molecule has 2 aromatic rings. The van der Waals surface area contributed by atoms with Gasteiger partial charge in [0.05, 0.1) is 11.3 Å². The first-order valence-corrected chi connectivity index (χ1v) is 6.62. The first kappa shape index (κ1) is 14.9. The van der Waals surface area contributed by atoms with Gasteiger partial charge in [-0.25, -0.2) is 9.67 Å². The summed E-state index contributed by atoms with van der Waals surface area (Å²) < 4.78 is 1.43. The molecule has 1 aromatic carbocycles. The SMILES string of the molecule is CC(=O)NC(=S)/N=C/c1c(C)[nH]n(-c2ccccc2)c1=O. The van der Waals surface area contributed by atoms with Crippen LogP contribution in [-0.4, -0.2) is 27.0 Å². The van der Waals surface area contributed by atoms with E-state index < -0.39 is 0 Å². The number of aliphatic imine (C=N–C) groups is 1. The Morgan fingerprint density at radius 3 is 2.67 bits per heavy atom. The Labute approximate surface area is 126 Å². The fraction of sp³-hybridized carbons (Fsp3) is 0.143. The minimum Gasteiger partial charge on any atom is -0.302 e. The van der Waals surface area contributed by atoms with Gasteiger partial charge in [0.15, 0.2) is 5.11 Å². The molecule has 0 radical (unpaired) electrons. The van der Waals surface area contributed by atoms with Crippen molar-refractivity contribution >= 4 is 29.5 Å². The van der Waals surface area contributed by atoms with Crippen LogP contribution in [0.25, 0.3) is 5.69 Å². The van der Waals surface area contributed by atoms with Gasteiger partial charge in [0.2, 0.25) is 5.91 Å². The molecule has 0 saturated heterocycles. The van der Waals surface area contributed by atoms with Crippen LogP contribution >= 0.6 is 12.2 Å². The molecule has 2 N–H and O–H groups in total. The van der Waals surface area contributed by atoms with Gasteiger partial charge in [-0.05, 0) is 31.3 Å². The molecule has 1 amide bonds. The number of para-hydroxylation sites is 1. The molecular weight excluding hydrogens is 288 g/mol. The van der Waals surface area contributed by atoms with Crippen LogP contribution in [0.4, 0.5) is 0 Å². The third-order valence-electron chi connectivity index (χ3n) is 2.73. The molecule has 21 heavy (non-hydrogen) atoms. The second-order valence-corrected chi connectivity index (χ2v) is 4.76. The molecule has 7 heteroatoms. The summed E-state index contributed by atoms with van der Waals surface area (Å²) in [6, 6.07) is 9.20. The lowest BCUT2D eigenvalue weighted by molar-refractivity contribution is -0.117.